The van der Waals surface area contributed by atoms with Gasteiger partial charge < -0.3 is 15.9 Å². The van der Waals surface area contributed by atoms with Crippen molar-refractivity contribution in [3.63, 3.8) is 0 Å². The summed E-state index contributed by atoms with van der Waals surface area (Å²) in [6.07, 6.45) is 2.73. The summed E-state index contributed by atoms with van der Waals surface area (Å²) < 4.78 is 0. The highest BCUT2D eigenvalue weighted by Gasteiger charge is 2.12. The fourth-order valence-electron chi connectivity index (χ4n) is 0.462. The van der Waals surface area contributed by atoms with Gasteiger partial charge in [0.1, 0.15) is 12.1 Å². The van der Waals surface area contributed by atoms with Crippen LogP contribution in [0.1, 0.15) is 6.92 Å². The molecule has 0 spiro atoms. The average Bonchev–Trinajstić information content (AvgIpc) is 1.87. The Hall–Kier alpha value is -0.380. The molecule has 0 saturated carbocycles. The first-order valence-corrected chi connectivity index (χ1v) is 2.97. The lowest BCUT2D eigenvalue weighted by Crippen LogP contribution is -2.67. The molecule has 3 nitrogen and oxygen atoms in total. The molecule has 0 unspecified atom stereocenters. The number of aliphatic hydroxyl groups excluding tert-OH is 2. The molecule has 0 radical (unpaired) electrons. The smallest absolute Gasteiger partial charge is 0.138 e. The summed E-state index contributed by atoms with van der Waals surface area (Å²) in [5.74, 6) is 0. The predicted octanol–water partition coefficient (Wildman–Crippen LogP) is -1.47. The molecule has 0 fully saturated rings. The topological polar surface area (TPSA) is 68.1 Å². The van der Waals surface area contributed by atoms with Crippen LogP contribution in [-0.2, 0) is 0 Å². The number of rotatable bonds is 3. The second-order valence-corrected chi connectivity index (χ2v) is 1.96. The first-order valence-electron chi connectivity index (χ1n) is 2.97. The monoisotopic (exact) mass is 132 g/mol. The van der Waals surface area contributed by atoms with Crippen LogP contribution < -0.4 is 5.73 Å². The van der Waals surface area contributed by atoms with Crippen molar-refractivity contribution in [1.82, 2.24) is 0 Å². The molecule has 0 aromatic heterocycles. The molecule has 0 saturated heterocycles. The molecule has 0 rings (SSSR count). The minimum absolute atomic E-state index is 0.0779. The number of hydrogen-bond acceptors (Lipinski definition) is 2. The van der Waals surface area contributed by atoms with E-state index in [-0.39, 0.29) is 12.6 Å². The summed E-state index contributed by atoms with van der Waals surface area (Å²) in [7, 11) is 0. The molecule has 0 aliphatic heterocycles. The van der Waals surface area contributed by atoms with Gasteiger partial charge >= 0.3 is 0 Å². The van der Waals surface area contributed by atoms with E-state index < -0.39 is 6.10 Å². The zero-order valence-electron chi connectivity index (χ0n) is 5.62. The van der Waals surface area contributed by atoms with E-state index >= 15 is 0 Å². The van der Waals surface area contributed by atoms with Crippen LogP contribution in [0.15, 0.2) is 12.2 Å². The van der Waals surface area contributed by atoms with Crippen LogP contribution >= 0.6 is 0 Å². The minimum atomic E-state index is -0.611. The third kappa shape index (κ3) is 3.24. The van der Waals surface area contributed by atoms with Gasteiger partial charge in [-0.25, -0.2) is 0 Å². The van der Waals surface area contributed by atoms with Gasteiger partial charge in [0.25, 0.3) is 0 Å². The zero-order valence-corrected chi connectivity index (χ0v) is 5.62. The van der Waals surface area contributed by atoms with Crippen LogP contribution in [0.4, 0.5) is 0 Å². The third-order valence-electron chi connectivity index (χ3n) is 1.11. The van der Waals surface area contributed by atoms with Gasteiger partial charge in [0.2, 0.25) is 0 Å². The van der Waals surface area contributed by atoms with Crippen LogP contribution in [0, 0.1) is 0 Å². The number of allylic oxidation sites excluding steroid dienone is 1. The predicted molar refractivity (Wildman–Crippen MR) is 34.6 cm³/mol. The van der Waals surface area contributed by atoms with E-state index in [0.29, 0.717) is 0 Å². The Bertz CT molecular complexity index is 93.1. The molecule has 3 heteroatoms. The van der Waals surface area contributed by atoms with E-state index in [1.807, 2.05) is 6.92 Å². The molecule has 0 aromatic rings. The molecule has 0 amide bonds. The van der Waals surface area contributed by atoms with Gasteiger partial charge in [0, 0.05) is 0 Å². The lowest BCUT2D eigenvalue weighted by atomic mass is 10.2. The van der Waals surface area contributed by atoms with Crippen LogP contribution in [0.3, 0.4) is 0 Å². The molecule has 0 aromatic carbocycles. The van der Waals surface area contributed by atoms with Gasteiger partial charge in [-0.2, -0.15) is 0 Å². The van der Waals surface area contributed by atoms with Crippen molar-refractivity contribution in [3.05, 3.63) is 12.2 Å². The van der Waals surface area contributed by atoms with Crippen molar-refractivity contribution < 1.29 is 15.9 Å². The van der Waals surface area contributed by atoms with Crippen LogP contribution in [0.2, 0.25) is 0 Å². The molecule has 0 aliphatic rings. The maximum absolute atomic E-state index is 9.01. The summed E-state index contributed by atoms with van der Waals surface area (Å²) in [4.78, 5) is 0. The molecule has 0 bridgehead atoms. The van der Waals surface area contributed by atoms with Gasteiger partial charge in [0.15, 0.2) is 0 Å². The van der Waals surface area contributed by atoms with Gasteiger partial charge in [-0.05, 0) is 6.92 Å². The fraction of sp³-hybridized carbons (Fsp3) is 0.667. The summed E-state index contributed by atoms with van der Waals surface area (Å²) >= 11 is 0. The Kier molecular flexibility index (Phi) is 4.30. The van der Waals surface area contributed by atoms with E-state index in [0.717, 1.165) is 0 Å². The highest BCUT2D eigenvalue weighted by molar-refractivity contribution is 4.88. The lowest BCUT2D eigenvalue weighted by molar-refractivity contribution is -0.438. The summed E-state index contributed by atoms with van der Waals surface area (Å²) in [6.45, 7) is 1.73. The number of aliphatic hydroxyl groups is 2. The van der Waals surface area contributed by atoms with E-state index in [9.17, 15) is 0 Å². The Morgan fingerprint density at radius 2 is 2.22 bits per heavy atom. The van der Waals surface area contributed by atoms with Crippen molar-refractivity contribution in [2.24, 2.45) is 0 Å². The Labute approximate surface area is 54.8 Å². The van der Waals surface area contributed by atoms with E-state index in [4.69, 9.17) is 10.2 Å². The number of hydrogen-bond donors (Lipinski definition) is 3. The Morgan fingerprint density at radius 3 is 2.56 bits per heavy atom. The molecular weight excluding hydrogens is 118 g/mol. The van der Waals surface area contributed by atoms with Gasteiger partial charge in [-0.3, -0.25) is 0 Å². The minimum Gasteiger partial charge on any atom is -0.390 e. The number of quaternary nitrogens is 1. The quantitative estimate of drug-likeness (QED) is 0.410. The van der Waals surface area contributed by atoms with Gasteiger partial charge in [-0.1, -0.05) is 12.2 Å². The van der Waals surface area contributed by atoms with Crippen molar-refractivity contribution in [3.8, 4) is 0 Å². The van der Waals surface area contributed by atoms with Crippen molar-refractivity contribution >= 4 is 0 Å². The van der Waals surface area contributed by atoms with E-state index in [1.165, 1.54) is 0 Å². The largest absolute Gasteiger partial charge is 0.390 e. The molecule has 9 heavy (non-hydrogen) atoms. The van der Waals surface area contributed by atoms with E-state index in [1.54, 1.807) is 12.2 Å². The summed E-state index contributed by atoms with van der Waals surface area (Å²) in [5, 5.41) is 17.5. The lowest BCUT2D eigenvalue weighted by Gasteiger charge is -2.07. The van der Waals surface area contributed by atoms with Gasteiger partial charge in [0.05, 0.1) is 6.61 Å². The van der Waals surface area contributed by atoms with Crippen LogP contribution in [-0.4, -0.2) is 29.0 Å². The molecule has 2 atom stereocenters. The van der Waals surface area contributed by atoms with E-state index in [2.05, 4.69) is 5.73 Å². The molecule has 0 heterocycles. The highest BCUT2D eigenvalue weighted by atomic mass is 16.3. The SMILES string of the molecule is C/C=C/[C@@H](O)[C@@H]([NH3+])CO. The zero-order chi connectivity index (χ0) is 7.28. The first-order chi connectivity index (χ1) is 4.22. The maximum Gasteiger partial charge on any atom is 0.138 e. The maximum atomic E-state index is 9.01. The first kappa shape index (κ1) is 8.62. The van der Waals surface area contributed by atoms with Crippen molar-refractivity contribution in [2.45, 2.75) is 19.1 Å². The molecule has 5 N–H and O–H groups in total. The standard InChI is InChI=1S/C6H13NO2/c1-2-3-6(9)5(7)4-8/h2-3,5-6,8-9H,4,7H2,1H3/p+1/b3-2+/t5-,6+/m0/s1. The Balaban J connectivity index is 3.58. The fourth-order valence-corrected chi connectivity index (χ4v) is 0.462. The molecular formula is C6H14NO2+. The van der Waals surface area contributed by atoms with Crippen molar-refractivity contribution in [1.29, 1.82) is 0 Å². The summed E-state index contributed by atoms with van der Waals surface area (Å²) in [5.41, 5.74) is 3.52. The van der Waals surface area contributed by atoms with Crippen LogP contribution in [0.5, 0.6) is 0 Å². The second-order valence-electron chi connectivity index (χ2n) is 1.96. The highest BCUT2D eigenvalue weighted by Crippen LogP contribution is 1.88. The van der Waals surface area contributed by atoms with Gasteiger partial charge in [-0.15, -0.1) is 0 Å². The van der Waals surface area contributed by atoms with Crippen LogP contribution in [0.25, 0.3) is 0 Å². The third-order valence-corrected chi connectivity index (χ3v) is 1.11. The second kappa shape index (κ2) is 4.49. The Morgan fingerprint density at radius 1 is 1.67 bits per heavy atom. The summed E-state index contributed by atoms with van der Waals surface area (Å²) in [6, 6.07) is -0.304. The normalized spacial score (nSPS) is 18.2. The molecule has 0 aliphatic carbocycles. The molecule has 54 valence electrons. The van der Waals surface area contributed by atoms with Crippen molar-refractivity contribution in [2.75, 3.05) is 6.61 Å². The average molecular weight is 132 g/mol.